The number of rotatable bonds is 6. The zero-order valence-corrected chi connectivity index (χ0v) is 11.4. The summed E-state index contributed by atoms with van der Waals surface area (Å²) in [6.45, 7) is 1.75. The first kappa shape index (κ1) is 15.6. The number of sulfonamides is 1. The van der Waals surface area contributed by atoms with Crippen molar-refractivity contribution >= 4 is 27.9 Å². The summed E-state index contributed by atoms with van der Waals surface area (Å²) in [5, 5.41) is 6.92. The predicted molar refractivity (Wildman–Crippen MR) is 66.2 cm³/mol. The molecule has 1 atom stereocenters. The van der Waals surface area contributed by atoms with Gasteiger partial charge < -0.3 is 0 Å². The molecule has 1 rings (SSSR count). The average Bonchev–Trinajstić information content (AvgIpc) is 2.27. The Morgan fingerprint density at radius 2 is 1.95 bits per heavy atom. The van der Waals surface area contributed by atoms with Gasteiger partial charge in [0.25, 0.3) is 0 Å². The van der Waals surface area contributed by atoms with Crippen molar-refractivity contribution in [3.8, 4) is 0 Å². The summed E-state index contributed by atoms with van der Waals surface area (Å²) in [5.41, 5.74) is 0. The van der Waals surface area contributed by atoms with E-state index in [1.54, 1.807) is 0 Å². The van der Waals surface area contributed by atoms with Crippen LogP contribution in [-0.4, -0.2) is 43.5 Å². The molecule has 9 heteroatoms. The molecule has 0 bridgehead atoms. The molecule has 1 aliphatic heterocycles. The van der Waals surface area contributed by atoms with Crippen LogP contribution in [0.15, 0.2) is 0 Å². The van der Waals surface area contributed by atoms with Crippen molar-refractivity contribution in [2.45, 2.75) is 26.2 Å². The van der Waals surface area contributed by atoms with Crippen LogP contribution >= 0.6 is 0 Å². The molecule has 4 amide bonds. The lowest BCUT2D eigenvalue weighted by atomic mass is 9.99. The number of hydrogen-bond acceptors (Lipinski definition) is 5. The van der Waals surface area contributed by atoms with Crippen LogP contribution in [0, 0.1) is 5.92 Å². The van der Waals surface area contributed by atoms with Crippen molar-refractivity contribution in [2.75, 3.05) is 12.3 Å². The molecule has 0 radical (unpaired) electrons. The van der Waals surface area contributed by atoms with Gasteiger partial charge in [-0.2, -0.15) is 0 Å². The zero-order valence-electron chi connectivity index (χ0n) is 10.6. The molecule has 108 valence electrons. The Hall–Kier alpha value is -1.48. The number of hydrogen-bond donors (Lipinski definition) is 2. The molecule has 0 saturated carbocycles. The number of imide groups is 2. The molecule has 1 unspecified atom stereocenters. The van der Waals surface area contributed by atoms with Crippen LogP contribution < -0.4 is 10.5 Å². The van der Waals surface area contributed by atoms with E-state index in [9.17, 15) is 22.8 Å². The Morgan fingerprint density at radius 1 is 1.32 bits per heavy atom. The molecule has 19 heavy (non-hydrogen) atoms. The molecular weight excluding hydrogens is 274 g/mol. The lowest BCUT2D eigenvalue weighted by Gasteiger charge is -2.29. The fourth-order valence-corrected chi connectivity index (χ4v) is 2.37. The van der Waals surface area contributed by atoms with E-state index in [1.165, 1.54) is 0 Å². The number of primary sulfonamides is 1. The van der Waals surface area contributed by atoms with Gasteiger partial charge in [-0.05, 0) is 12.8 Å². The summed E-state index contributed by atoms with van der Waals surface area (Å²) >= 11 is 0. The Bertz CT molecular complexity index is 487. The standard InChI is InChI=1S/C10H17N3O5S/c1-2-4-7-8(14)12-10(16)13(9(7)15)5-3-6-19(11,17)18/h7H,2-6H2,1H3,(H2,11,17,18)(H,12,14,16). The Kier molecular flexibility index (Phi) is 5.01. The molecule has 0 aromatic heterocycles. The van der Waals surface area contributed by atoms with Crippen molar-refractivity contribution in [1.82, 2.24) is 10.2 Å². The first-order valence-corrected chi connectivity index (χ1v) is 7.64. The van der Waals surface area contributed by atoms with Crippen molar-refractivity contribution in [2.24, 2.45) is 11.1 Å². The molecule has 0 aromatic carbocycles. The van der Waals surface area contributed by atoms with Gasteiger partial charge in [0.15, 0.2) is 0 Å². The number of amides is 4. The number of nitrogens with zero attached hydrogens (tertiary/aromatic N) is 1. The summed E-state index contributed by atoms with van der Waals surface area (Å²) in [4.78, 5) is 35.8. The van der Waals surface area contributed by atoms with Crippen LogP contribution in [0.1, 0.15) is 26.2 Å². The molecule has 8 nitrogen and oxygen atoms in total. The van der Waals surface area contributed by atoms with E-state index in [-0.39, 0.29) is 18.7 Å². The highest BCUT2D eigenvalue weighted by molar-refractivity contribution is 7.89. The highest BCUT2D eigenvalue weighted by atomic mass is 32.2. The summed E-state index contributed by atoms with van der Waals surface area (Å²) in [5.74, 6) is -2.38. The normalized spacial score (nSPS) is 20.6. The van der Waals surface area contributed by atoms with Gasteiger partial charge in [-0.25, -0.2) is 18.4 Å². The molecule has 1 heterocycles. The van der Waals surface area contributed by atoms with E-state index in [0.29, 0.717) is 12.8 Å². The fraction of sp³-hybridized carbons (Fsp3) is 0.700. The molecule has 1 fully saturated rings. The molecule has 1 saturated heterocycles. The van der Waals surface area contributed by atoms with Gasteiger partial charge in [0.2, 0.25) is 21.8 Å². The molecular formula is C10H17N3O5S. The van der Waals surface area contributed by atoms with E-state index in [0.717, 1.165) is 4.90 Å². The summed E-state index contributed by atoms with van der Waals surface area (Å²) in [6, 6.07) is -0.809. The second-order valence-corrected chi connectivity index (χ2v) is 6.08. The highest BCUT2D eigenvalue weighted by Gasteiger charge is 2.39. The second-order valence-electron chi connectivity index (χ2n) is 4.35. The zero-order chi connectivity index (χ0) is 14.6. The maximum Gasteiger partial charge on any atom is 0.330 e. The van der Waals surface area contributed by atoms with Crippen molar-refractivity contribution < 1.29 is 22.8 Å². The first-order chi connectivity index (χ1) is 8.76. The quantitative estimate of drug-likeness (QED) is 0.617. The molecule has 0 spiro atoms. The second kappa shape index (κ2) is 6.11. The molecule has 0 aromatic rings. The van der Waals surface area contributed by atoms with Crippen LogP contribution in [0.25, 0.3) is 0 Å². The van der Waals surface area contributed by atoms with Crippen LogP contribution in [0.5, 0.6) is 0 Å². The van der Waals surface area contributed by atoms with E-state index < -0.39 is 33.8 Å². The third-order valence-corrected chi connectivity index (χ3v) is 3.60. The monoisotopic (exact) mass is 291 g/mol. The fourth-order valence-electron chi connectivity index (χ4n) is 1.84. The minimum Gasteiger partial charge on any atom is -0.277 e. The third-order valence-electron chi connectivity index (χ3n) is 2.74. The maximum absolute atomic E-state index is 12.0. The molecule has 3 N–H and O–H groups in total. The van der Waals surface area contributed by atoms with Crippen LogP contribution in [0.3, 0.4) is 0 Å². The van der Waals surface area contributed by atoms with Crippen molar-refractivity contribution in [3.05, 3.63) is 0 Å². The van der Waals surface area contributed by atoms with Gasteiger partial charge in [-0.1, -0.05) is 13.3 Å². The van der Waals surface area contributed by atoms with Gasteiger partial charge in [-0.15, -0.1) is 0 Å². The van der Waals surface area contributed by atoms with Crippen LogP contribution in [-0.2, 0) is 19.6 Å². The van der Waals surface area contributed by atoms with Crippen LogP contribution in [0.2, 0.25) is 0 Å². The van der Waals surface area contributed by atoms with E-state index in [2.05, 4.69) is 5.32 Å². The minimum absolute atomic E-state index is 0.0467. The van der Waals surface area contributed by atoms with Crippen molar-refractivity contribution in [1.29, 1.82) is 0 Å². The Balaban J connectivity index is 2.68. The molecule has 1 aliphatic rings. The van der Waals surface area contributed by atoms with Crippen LogP contribution in [0.4, 0.5) is 4.79 Å². The number of carbonyl (C=O) groups excluding carboxylic acids is 3. The number of urea groups is 1. The lowest BCUT2D eigenvalue weighted by Crippen LogP contribution is -2.58. The van der Waals surface area contributed by atoms with E-state index in [4.69, 9.17) is 5.14 Å². The number of nitrogens with two attached hydrogens (primary N) is 1. The van der Waals surface area contributed by atoms with Gasteiger partial charge in [-0.3, -0.25) is 19.8 Å². The largest absolute Gasteiger partial charge is 0.330 e. The average molecular weight is 291 g/mol. The summed E-state index contributed by atoms with van der Waals surface area (Å²) < 4.78 is 21.5. The Labute approximate surface area is 111 Å². The highest BCUT2D eigenvalue weighted by Crippen LogP contribution is 2.16. The third kappa shape index (κ3) is 4.28. The van der Waals surface area contributed by atoms with Gasteiger partial charge in [0.1, 0.15) is 5.92 Å². The summed E-state index contributed by atoms with van der Waals surface area (Å²) in [7, 11) is -3.63. The van der Waals surface area contributed by atoms with Crippen molar-refractivity contribution in [3.63, 3.8) is 0 Å². The number of nitrogens with one attached hydrogen (secondary N) is 1. The van der Waals surface area contributed by atoms with Gasteiger partial charge >= 0.3 is 6.03 Å². The first-order valence-electron chi connectivity index (χ1n) is 5.93. The van der Waals surface area contributed by atoms with E-state index in [1.807, 2.05) is 6.92 Å². The smallest absolute Gasteiger partial charge is 0.277 e. The molecule has 0 aliphatic carbocycles. The van der Waals surface area contributed by atoms with Gasteiger partial charge in [0.05, 0.1) is 5.75 Å². The number of barbiturate groups is 1. The Morgan fingerprint density at radius 3 is 2.47 bits per heavy atom. The van der Waals surface area contributed by atoms with Gasteiger partial charge in [0, 0.05) is 6.54 Å². The topological polar surface area (TPSA) is 127 Å². The minimum atomic E-state index is -3.63. The SMILES string of the molecule is CCCC1C(=O)NC(=O)N(CCCS(N)(=O)=O)C1=O. The predicted octanol–water partition coefficient (Wildman–Crippen LogP) is -0.840. The number of carbonyl (C=O) groups is 3. The van der Waals surface area contributed by atoms with E-state index >= 15 is 0 Å². The maximum atomic E-state index is 12.0. The summed E-state index contributed by atoms with van der Waals surface area (Å²) in [6.07, 6.45) is 1.03. The lowest BCUT2D eigenvalue weighted by molar-refractivity contribution is -0.142.